The molecule has 1 heterocycles. The lowest BCUT2D eigenvalue weighted by Crippen LogP contribution is -2.23. The molecule has 130 valence electrons. The molecule has 0 unspecified atom stereocenters. The van der Waals surface area contributed by atoms with Crippen molar-refractivity contribution in [3.63, 3.8) is 0 Å². The van der Waals surface area contributed by atoms with Gasteiger partial charge < -0.3 is 15.0 Å². The van der Waals surface area contributed by atoms with Gasteiger partial charge >= 0.3 is 0 Å². The van der Waals surface area contributed by atoms with Gasteiger partial charge in [-0.1, -0.05) is 0 Å². The predicted octanol–water partition coefficient (Wildman–Crippen LogP) is 2.68. The van der Waals surface area contributed by atoms with Crippen LogP contribution >= 0.6 is 15.9 Å². The van der Waals surface area contributed by atoms with Crippen LogP contribution in [0.4, 0.5) is 5.69 Å². The highest BCUT2D eigenvalue weighted by molar-refractivity contribution is 9.10. The Morgan fingerprint density at radius 3 is 2.58 bits per heavy atom. The van der Waals surface area contributed by atoms with Gasteiger partial charge in [-0.2, -0.15) is 0 Å². The topological polar surface area (TPSA) is 91.5 Å². The summed E-state index contributed by atoms with van der Waals surface area (Å²) in [6.45, 7) is 2.10. The van der Waals surface area contributed by atoms with Gasteiger partial charge in [-0.25, -0.2) is 12.7 Å². The van der Waals surface area contributed by atoms with Crippen LogP contribution in [0.15, 0.2) is 39.8 Å². The van der Waals surface area contributed by atoms with Gasteiger partial charge in [0.25, 0.3) is 5.91 Å². The first-order valence-electron chi connectivity index (χ1n) is 7.10. The van der Waals surface area contributed by atoms with Gasteiger partial charge in [-0.15, -0.1) is 0 Å². The third-order valence-corrected chi connectivity index (χ3v) is 5.45. The Labute approximate surface area is 149 Å². The van der Waals surface area contributed by atoms with Crippen LogP contribution < -0.4 is 10.1 Å². The van der Waals surface area contributed by atoms with Crippen LogP contribution in [-0.4, -0.2) is 44.3 Å². The van der Waals surface area contributed by atoms with Gasteiger partial charge in [0.15, 0.2) is 0 Å². The minimum Gasteiger partial charge on any atom is -0.492 e. The van der Waals surface area contributed by atoms with E-state index in [1.807, 2.05) is 0 Å². The van der Waals surface area contributed by atoms with E-state index >= 15 is 0 Å². The molecule has 0 spiro atoms. The monoisotopic (exact) mass is 415 g/mol. The zero-order chi connectivity index (χ0) is 17.9. The van der Waals surface area contributed by atoms with E-state index in [9.17, 15) is 13.2 Å². The van der Waals surface area contributed by atoms with E-state index < -0.39 is 10.0 Å². The number of halogens is 1. The molecule has 0 saturated heterocycles. The van der Waals surface area contributed by atoms with Gasteiger partial charge in [0.1, 0.15) is 16.3 Å². The summed E-state index contributed by atoms with van der Waals surface area (Å²) in [4.78, 5) is 15.0. The zero-order valence-electron chi connectivity index (χ0n) is 13.5. The molecule has 0 aliphatic rings. The average Bonchev–Trinajstić information content (AvgIpc) is 2.95. The van der Waals surface area contributed by atoms with E-state index in [0.717, 1.165) is 8.78 Å². The highest BCUT2D eigenvalue weighted by Gasteiger charge is 2.23. The number of H-pyrrole nitrogens is 1. The average molecular weight is 416 g/mol. The summed E-state index contributed by atoms with van der Waals surface area (Å²) in [5.74, 6) is -0.134. The molecule has 2 aromatic rings. The van der Waals surface area contributed by atoms with Gasteiger partial charge in [0, 0.05) is 30.5 Å². The quantitative estimate of drug-likeness (QED) is 0.758. The largest absolute Gasteiger partial charge is 0.492 e. The number of aromatic nitrogens is 1. The standard InChI is InChI=1S/C15H18BrN3O4S/c1-4-23-13-6-5-11(8-14(13)24(21,22)19(2)3)18-15(20)12-7-10(16)9-17-12/h5-9,17H,4H2,1-3H3,(H,18,20). The van der Waals surface area contributed by atoms with Crippen LogP contribution in [0, 0.1) is 0 Å². The number of aromatic amines is 1. The summed E-state index contributed by atoms with van der Waals surface area (Å²) in [6.07, 6.45) is 1.63. The van der Waals surface area contributed by atoms with Crippen molar-refractivity contribution in [3.8, 4) is 5.75 Å². The van der Waals surface area contributed by atoms with E-state index in [4.69, 9.17) is 4.74 Å². The summed E-state index contributed by atoms with van der Waals surface area (Å²) in [7, 11) is -0.832. The Balaban J connectivity index is 2.37. The van der Waals surface area contributed by atoms with Crippen LogP contribution in [0.1, 0.15) is 17.4 Å². The first-order chi connectivity index (χ1) is 11.3. The van der Waals surface area contributed by atoms with Gasteiger partial charge in [-0.05, 0) is 47.1 Å². The van der Waals surface area contributed by atoms with Crippen molar-refractivity contribution >= 4 is 37.5 Å². The highest BCUT2D eigenvalue weighted by atomic mass is 79.9. The van der Waals surface area contributed by atoms with Gasteiger partial charge in [0.05, 0.1) is 6.61 Å². The third-order valence-electron chi connectivity index (χ3n) is 3.15. The number of anilines is 1. The van der Waals surface area contributed by atoms with E-state index in [0.29, 0.717) is 18.0 Å². The Bertz CT molecular complexity index is 846. The normalized spacial score (nSPS) is 11.5. The minimum atomic E-state index is -3.71. The molecule has 0 aliphatic heterocycles. The maximum absolute atomic E-state index is 12.5. The second-order valence-electron chi connectivity index (χ2n) is 5.07. The number of nitrogens with one attached hydrogen (secondary N) is 2. The molecule has 2 rings (SSSR count). The Hall–Kier alpha value is -1.84. The molecule has 0 bridgehead atoms. The van der Waals surface area contributed by atoms with Crippen molar-refractivity contribution in [2.45, 2.75) is 11.8 Å². The number of ether oxygens (including phenoxy) is 1. The van der Waals surface area contributed by atoms with Crippen LogP contribution in [0.2, 0.25) is 0 Å². The molecular formula is C15H18BrN3O4S. The lowest BCUT2D eigenvalue weighted by molar-refractivity contribution is 0.102. The van der Waals surface area contributed by atoms with Crippen LogP contribution in [0.25, 0.3) is 0 Å². The fourth-order valence-electron chi connectivity index (χ4n) is 1.96. The maximum atomic E-state index is 12.5. The number of hydrogen-bond donors (Lipinski definition) is 2. The molecule has 1 aromatic heterocycles. The lowest BCUT2D eigenvalue weighted by atomic mass is 10.3. The van der Waals surface area contributed by atoms with Crippen molar-refractivity contribution in [2.24, 2.45) is 0 Å². The third kappa shape index (κ3) is 3.97. The molecule has 9 heteroatoms. The first-order valence-corrected chi connectivity index (χ1v) is 9.33. The molecule has 24 heavy (non-hydrogen) atoms. The van der Waals surface area contributed by atoms with Gasteiger partial charge in [-0.3, -0.25) is 4.79 Å². The summed E-state index contributed by atoms with van der Waals surface area (Å²) in [5.41, 5.74) is 0.711. The van der Waals surface area contributed by atoms with Crippen LogP contribution in [0.5, 0.6) is 5.75 Å². The maximum Gasteiger partial charge on any atom is 0.272 e. The predicted molar refractivity (Wildman–Crippen MR) is 94.9 cm³/mol. The number of carbonyl (C=O) groups excluding carboxylic acids is 1. The van der Waals surface area contributed by atoms with Crippen molar-refractivity contribution < 1.29 is 17.9 Å². The molecule has 0 saturated carbocycles. The smallest absolute Gasteiger partial charge is 0.272 e. The second-order valence-corrected chi connectivity index (χ2v) is 8.10. The van der Waals surface area contributed by atoms with Crippen molar-refractivity contribution in [1.82, 2.24) is 9.29 Å². The molecule has 0 fully saturated rings. The second kappa shape index (κ2) is 7.37. The van der Waals surface area contributed by atoms with E-state index in [1.165, 1.54) is 26.2 Å². The zero-order valence-corrected chi connectivity index (χ0v) is 15.9. The van der Waals surface area contributed by atoms with Crippen molar-refractivity contribution in [2.75, 3.05) is 26.0 Å². The molecular weight excluding hydrogens is 398 g/mol. The SMILES string of the molecule is CCOc1ccc(NC(=O)c2cc(Br)c[nH]2)cc1S(=O)(=O)N(C)C. The van der Waals surface area contributed by atoms with E-state index in [2.05, 4.69) is 26.2 Å². The molecule has 7 nitrogen and oxygen atoms in total. The number of nitrogens with zero attached hydrogens (tertiary/aromatic N) is 1. The van der Waals surface area contributed by atoms with Crippen molar-refractivity contribution in [1.29, 1.82) is 0 Å². The van der Waals surface area contributed by atoms with Gasteiger partial charge in [0.2, 0.25) is 10.0 Å². The molecule has 0 radical (unpaired) electrons. The molecule has 0 atom stereocenters. The minimum absolute atomic E-state index is 0.000170. The lowest BCUT2D eigenvalue weighted by Gasteiger charge is -2.16. The number of amides is 1. The number of hydrogen-bond acceptors (Lipinski definition) is 4. The number of rotatable bonds is 6. The molecule has 1 amide bonds. The molecule has 0 aliphatic carbocycles. The highest BCUT2D eigenvalue weighted by Crippen LogP contribution is 2.29. The number of benzene rings is 1. The Morgan fingerprint density at radius 2 is 2.04 bits per heavy atom. The Morgan fingerprint density at radius 1 is 1.33 bits per heavy atom. The fraction of sp³-hybridized carbons (Fsp3) is 0.267. The summed E-state index contributed by atoms with van der Waals surface area (Å²) >= 11 is 3.25. The Kier molecular flexibility index (Phi) is 5.68. The number of carbonyl (C=O) groups is 1. The fourth-order valence-corrected chi connectivity index (χ4v) is 3.35. The van der Waals surface area contributed by atoms with Crippen molar-refractivity contribution in [3.05, 3.63) is 40.6 Å². The number of sulfonamides is 1. The van der Waals surface area contributed by atoms with Crippen LogP contribution in [0.3, 0.4) is 0 Å². The van der Waals surface area contributed by atoms with Crippen LogP contribution in [-0.2, 0) is 10.0 Å². The van der Waals surface area contributed by atoms with E-state index in [1.54, 1.807) is 25.3 Å². The summed E-state index contributed by atoms with van der Waals surface area (Å²) < 4.78 is 32.2. The summed E-state index contributed by atoms with van der Waals surface area (Å²) in [5, 5.41) is 2.66. The summed E-state index contributed by atoms with van der Waals surface area (Å²) in [6, 6.07) is 6.13. The first kappa shape index (κ1) is 18.5. The molecule has 1 aromatic carbocycles. The molecule has 2 N–H and O–H groups in total. The van der Waals surface area contributed by atoms with E-state index in [-0.39, 0.29) is 16.6 Å².